The molecule has 1 unspecified atom stereocenters. The van der Waals surface area contributed by atoms with Gasteiger partial charge in [0.2, 0.25) is 0 Å². The second kappa shape index (κ2) is 12.3. The van der Waals surface area contributed by atoms with Crippen LogP contribution in [0.1, 0.15) is 21.8 Å². The van der Waals surface area contributed by atoms with E-state index in [2.05, 4.69) is 12.1 Å². The number of carbonyl (C=O) groups is 1. The van der Waals surface area contributed by atoms with Gasteiger partial charge in [-0.05, 0) is 0 Å². The van der Waals surface area contributed by atoms with Crippen molar-refractivity contribution in [3.05, 3.63) is 106 Å². The molecule has 1 atom stereocenters. The second-order valence-electron chi connectivity index (χ2n) is 6.90. The molecule has 0 amide bonds. The van der Waals surface area contributed by atoms with Crippen LogP contribution in [-0.2, 0) is 0 Å². The number of methoxy groups -OCH3 is 1. The van der Waals surface area contributed by atoms with E-state index in [0.29, 0.717) is 11.3 Å². The molecule has 0 radical (unpaired) electrons. The minimum atomic E-state index is -0.277. The number of hydrogen-bond donors (Lipinski definition) is 0. The van der Waals surface area contributed by atoms with Gasteiger partial charge in [-0.15, -0.1) is 0 Å². The molecule has 0 aliphatic carbocycles. The first-order chi connectivity index (χ1) is 15.6. The molecule has 3 rings (SSSR count). The molecule has 6 heteroatoms. The van der Waals surface area contributed by atoms with Crippen LogP contribution in [0.15, 0.2) is 88.7 Å². The molecular weight excluding hydrogens is 506 g/mol. The maximum atomic E-state index is 13.9. The topological polar surface area (TPSA) is 26.3 Å². The molecule has 166 valence electrons. The van der Waals surface area contributed by atoms with Crippen molar-refractivity contribution in [1.82, 2.24) is 0 Å². The average molecular weight is 532 g/mol. The SMILES string of the molecule is COc1cccc(C(=O)C(=C(SC)SC)C(C[Se]c2ccccc2)c2ccc(F)cc2)c1. The Morgan fingerprint density at radius 3 is 2.28 bits per heavy atom. The number of rotatable bonds is 10. The summed E-state index contributed by atoms with van der Waals surface area (Å²) >= 11 is 3.32. The number of allylic oxidation sites excluding steroid dienone is 1. The van der Waals surface area contributed by atoms with Gasteiger partial charge in [-0.1, -0.05) is 0 Å². The van der Waals surface area contributed by atoms with Crippen LogP contribution < -0.4 is 9.20 Å². The zero-order valence-corrected chi connectivity index (χ0v) is 21.6. The number of carbonyl (C=O) groups excluding carboxylic acids is 1. The van der Waals surface area contributed by atoms with E-state index in [1.165, 1.54) is 16.6 Å². The summed E-state index contributed by atoms with van der Waals surface area (Å²) in [6.45, 7) is 0. The fourth-order valence-electron chi connectivity index (χ4n) is 3.35. The van der Waals surface area contributed by atoms with Crippen molar-refractivity contribution in [2.24, 2.45) is 0 Å². The number of Topliss-reactive ketones (excluding diaryl/α,β-unsaturated/α-hetero) is 1. The monoisotopic (exact) mass is 532 g/mol. The van der Waals surface area contributed by atoms with E-state index in [9.17, 15) is 9.18 Å². The van der Waals surface area contributed by atoms with E-state index in [-0.39, 0.29) is 32.5 Å². The van der Waals surface area contributed by atoms with Gasteiger partial charge in [-0.2, -0.15) is 0 Å². The predicted octanol–water partition coefficient (Wildman–Crippen LogP) is 6.19. The number of ether oxygens (including phenoxy) is 1. The summed E-state index contributed by atoms with van der Waals surface area (Å²) in [5, 5.41) is 0.804. The molecule has 0 fully saturated rings. The van der Waals surface area contributed by atoms with E-state index in [4.69, 9.17) is 4.74 Å². The van der Waals surface area contributed by atoms with Crippen molar-refractivity contribution in [2.75, 3.05) is 19.6 Å². The molecule has 0 saturated carbocycles. The summed E-state index contributed by atoms with van der Waals surface area (Å²) < 4.78 is 21.3. The maximum absolute atomic E-state index is 13.9. The van der Waals surface area contributed by atoms with Gasteiger partial charge >= 0.3 is 205 Å². The minimum absolute atomic E-state index is 0.0132. The van der Waals surface area contributed by atoms with Crippen molar-refractivity contribution in [2.45, 2.75) is 11.2 Å². The van der Waals surface area contributed by atoms with Crippen LogP contribution in [0, 0.1) is 5.82 Å². The first-order valence-electron chi connectivity index (χ1n) is 10.0. The van der Waals surface area contributed by atoms with Gasteiger partial charge in [0.15, 0.2) is 0 Å². The standard InChI is InChI=1S/C26H25FO2S2Se/c1-29-21-9-7-8-19(16-21)25(28)24(26(30-2)31-3)23(18-12-14-20(27)15-13-18)17-32-22-10-5-4-6-11-22/h4-16,23H,17H2,1-3H3. The first kappa shape index (κ1) is 24.7. The third kappa shape index (κ3) is 6.29. The van der Waals surface area contributed by atoms with Crippen molar-refractivity contribution < 1.29 is 13.9 Å². The molecule has 3 aromatic carbocycles. The van der Waals surface area contributed by atoms with Gasteiger partial charge in [0.25, 0.3) is 0 Å². The first-order valence-corrected chi connectivity index (χ1v) is 14.5. The molecule has 0 aliphatic heterocycles. The van der Waals surface area contributed by atoms with Gasteiger partial charge < -0.3 is 0 Å². The Hall–Kier alpha value is -1.98. The molecule has 0 bridgehead atoms. The van der Waals surface area contributed by atoms with E-state index in [1.807, 2.05) is 48.9 Å². The van der Waals surface area contributed by atoms with Crippen molar-refractivity contribution >= 4 is 48.7 Å². The van der Waals surface area contributed by atoms with Gasteiger partial charge in [0.1, 0.15) is 0 Å². The summed E-state index contributed by atoms with van der Waals surface area (Å²) in [5.41, 5.74) is 2.32. The molecular formula is C26H25FO2S2Se. The van der Waals surface area contributed by atoms with E-state index in [1.54, 1.807) is 48.8 Å². The number of hydrogen-bond acceptors (Lipinski definition) is 4. The zero-order valence-electron chi connectivity index (χ0n) is 18.2. The average Bonchev–Trinajstić information content (AvgIpc) is 2.84. The molecule has 32 heavy (non-hydrogen) atoms. The molecule has 0 heterocycles. The molecule has 2 nitrogen and oxygen atoms in total. The summed E-state index contributed by atoms with van der Waals surface area (Å²) in [6, 6.07) is 24.2. The van der Waals surface area contributed by atoms with E-state index >= 15 is 0 Å². The third-order valence-electron chi connectivity index (χ3n) is 4.95. The van der Waals surface area contributed by atoms with E-state index < -0.39 is 0 Å². The van der Waals surface area contributed by atoms with Crippen LogP contribution in [0.3, 0.4) is 0 Å². The Labute approximate surface area is 204 Å². The number of halogens is 1. The molecule has 0 saturated heterocycles. The molecule has 0 aromatic heterocycles. The van der Waals surface area contributed by atoms with Crippen molar-refractivity contribution in [3.63, 3.8) is 0 Å². The molecule has 0 aliphatic rings. The summed E-state index contributed by atoms with van der Waals surface area (Å²) in [5.74, 6) is 0.225. The van der Waals surface area contributed by atoms with Crippen LogP contribution in [0.2, 0.25) is 5.32 Å². The normalized spacial score (nSPS) is 11.6. The van der Waals surface area contributed by atoms with Gasteiger partial charge in [-0.25, -0.2) is 0 Å². The Bertz CT molecular complexity index is 1060. The third-order valence-corrected chi connectivity index (χ3v) is 9.45. The Morgan fingerprint density at radius 2 is 1.66 bits per heavy atom. The van der Waals surface area contributed by atoms with E-state index in [0.717, 1.165) is 20.7 Å². The predicted molar refractivity (Wildman–Crippen MR) is 137 cm³/mol. The molecule has 0 N–H and O–H groups in total. The summed E-state index contributed by atoms with van der Waals surface area (Å²) in [7, 11) is 1.60. The van der Waals surface area contributed by atoms with Gasteiger partial charge in [-0.3, -0.25) is 0 Å². The Kier molecular flexibility index (Phi) is 9.49. The number of ketones is 1. The van der Waals surface area contributed by atoms with Crippen LogP contribution in [0.25, 0.3) is 0 Å². The molecule has 0 spiro atoms. The fraction of sp³-hybridized carbons (Fsp3) is 0.192. The van der Waals surface area contributed by atoms with Crippen molar-refractivity contribution in [1.29, 1.82) is 0 Å². The second-order valence-corrected chi connectivity index (χ2v) is 11.1. The van der Waals surface area contributed by atoms with Crippen LogP contribution >= 0.6 is 23.5 Å². The van der Waals surface area contributed by atoms with Crippen LogP contribution in [-0.4, -0.2) is 40.4 Å². The summed E-state index contributed by atoms with van der Waals surface area (Å²) in [4.78, 5) is 13.9. The zero-order chi connectivity index (χ0) is 22.9. The molecule has 3 aromatic rings. The summed E-state index contributed by atoms with van der Waals surface area (Å²) in [6.07, 6.45) is 3.99. The van der Waals surface area contributed by atoms with Crippen molar-refractivity contribution in [3.8, 4) is 5.75 Å². The van der Waals surface area contributed by atoms with Gasteiger partial charge in [0, 0.05) is 0 Å². The quantitative estimate of drug-likeness (QED) is 0.177. The Balaban J connectivity index is 2.08. The van der Waals surface area contributed by atoms with Crippen LogP contribution in [0.5, 0.6) is 5.75 Å². The fourth-order valence-corrected chi connectivity index (χ4v) is 7.17. The Morgan fingerprint density at radius 1 is 0.969 bits per heavy atom. The number of thioether (sulfide) groups is 2. The van der Waals surface area contributed by atoms with Crippen LogP contribution in [0.4, 0.5) is 4.39 Å². The number of benzene rings is 3. The van der Waals surface area contributed by atoms with Gasteiger partial charge in [0.05, 0.1) is 0 Å².